The van der Waals surface area contributed by atoms with Crippen molar-refractivity contribution in [3.63, 3.8) is 0 Å². The molecule has 1 aromatic heterocycles. The number of hydrogen-bond donors (Lipinski definition) is 1. The van der Waals surface area contributed by atoms with Crippen molar-refractivity contribution in [2.24, 2.45) is 5.10 Å². The number of benzene rings is 2. The fourth-order valence-electron chi connectivity index (χ4n) is 2.15. The Morgan fingerprint density at radius 1 is 1.17 bits per heavy atom. The molecule has 5 heteroatoms. The first-order chi connectivity index (χ1) is 11.2. The van der Waals surface area contributed by atoms with E-state index in [0.29, 0.717) is 0 Å². The van der Waals surface area contributed by atoms with E-state index in [1.165, 1.54) is 16.9 Å². The van der Waals surface area contributed by atoms with Crippen molar-refractivity contribution >= 4 is 22.7 Å². The molecule has 0 unspecified atom stereocenters. The third-order valence-electron chi connectivity index (χ3n) is 3.29. The quantitative estimate of drug-likeness (QED) is 0.552. The van der Waals surface area contributed by atoms with Gasteiger partial charge in [0, 0.05) is 10.9 Å². The predicted molar refractivity (Wildman–Crippen MR) is 96.5 cm³/mol. The van der Waals surface area contributed by atoms with Gasteiger partial charge in [-0.1, -0.05) is 42.0 Å². The van der Waals surface area contributed by atoms with Crippen LogP contribution in [-0.2, 0) is 0 Å². The summed E-state index contributed by atoms with van der Waals surface area (Å²) < 4.78 is 5.24. The summed E-state index contributed by atoms with van der Waals surface area (Å²) >= 11 is 1.52. The highest BCUT2D eigenvalue weighted by molar-refractivity contribution is 7.14. The topological polar surface area (TPSA) is 46.5 Å². The van der Waals surface area contributed by atoms with Crippen LogP contribution in [0.15, 0.2) is 59.0 Å². The zero-order valence-electron chi connectivity index (χ0n) is 13.0. The van der Waals surface area contributed by atoms with E-state index < -0.39 is 0 Å². The van der Waals surface area contributed by atoms with Gasteiger partial charge in [-0.3, -0.25) is 5.43 Å². The van der Waals surface area contributed by atoms with Crippen LogP contribution in [0.5, 0.6) is 5.75 Å². The predicted octanol–water partition coefficient (Wildman–Crippen LogP) is 4.57. The highest BCUT2D eigenvalue weighted by Gasteiger charge is 2.05. The maximum atomic E-state index is 5.24. The number of aryl methyl sites for hydroxylation is 1. The van der Waals surface area contributed by atoms with E-state index in [0.717, 1.165) is 27.7 Å². The summed E-state index contributed by atoms with van der Waals surface area (Å²) in [4.78, 5) is 4.54. The van der Waals surface area contributed by atoms with Gasteiger partial charge in [-0.15, -0.1) is 11.3 Å². The molecule has 1 N–H and O–H groups in total. The number of nitrogens with one attached hydrogen (secondary N) is 1. The van der Waals surface area contributed by atoms with Crippen molar-refractivity contribution in [1.82, 2.24) is 4.98 Å². The van der Waals surface area contributed by atoms with Crippen LogP contribution in [0.3, 0.4) is 0 Å². The molecule has 0 bridgehead atoms. The lowest BCUT2D eigenvalue weighted by atomic mass is 10.2. The number of nitrogens with zero attached hydrogens (tertiary/aromatic N) is 2. The van der Waals surface area contributed by atoms with Gasteiger partial charge in [-0.2, -0.15) is 5.10 Å². The van der Waals surface area contributed by atoms with E-state index in [2.05, 4.69) is 34.6 Å². The monoisotopic (exact) mass is 323 g/mol. The lowest BCUT2D eigenvalue weighted by molar-refractivity contribution is 0.415. The molecule has 1 heterocycles. The minimum Gasteiger partial charge on any atom is -0.497 e. The van der Waals surface area contributed by atoms with E-state index in [-0.39, 0.29) is 0 Å². The Labute approximate surface area is 139 Å². The van der Waals surface area contributed by atoms with Crippen molar-refractivity contribution < 1.29 is 4.74 Å². The summed E-state index contributed by atoms with van der Waals surface area (Å²) in [6, 6.07) is 16.0. The normalized spacial score (nSPS) is 10.9. The van der Waals surface area contributed by atoms with Crippen molar-refractivity contribution in [3.05, 3.63) is 65.0 Å². The van der Waals surface area contributed by atoms with E-state index in [1.54, 1.807) is 13.3 Å². The van der Waals surface area contributed by atoms with Crippen LogP contribution in [0.4, 0.5) is 5.13 Å². The molecule has 4 nitrogen and oxygen atoms in total. The minimum atomic E-state index is 0.756. The molecule has 0 aliphatic heterocycles. The number of methoxy groups -OCH3 is 1. The van der Waals surface area contributed by atoms with Crippen LogP contribution in [-0.4, -0.2) is 18.3 Å². The van der Waals surface area contributed by atoms with Crippen molar-refractivity contribution in [2.45, 2.75) is 6.92 Å². The summed E-state index contributed by atoms with van der Waals surface area (Å²) in [5.41, 5.74) is 7.18. The molecule has 0 saturated heterocycles. The van der Waals surface area contributed by atoms with Gasteiger partial charge in [-0.25, -0.2) is 4.98 Å². The number of hydrazone groups is 1. The van der Waals surface area contributed by atoms with Gasteiger partial charge >= 0.3 is 0 Å². The lowest BCUT2D eigenvalue weighted by Crippen LogP contribution is -1.90. The summed E-state index contributed by atoms with van der Waals surface area (Å²) in [5.74, 6) is 0.822. The number of aromatic nitrogens is 1. The summed E-state index contributed by atoms with van der Waals surface area (Å²) in [7, 11) is 1.66. The Kier molecular flexibility index (Phi) is 4.68. The Morgan fingerprint density at radius 2 is 2.04 bits per heavy atom. The minimum absolute atomic E-state index is 0.756. The second-order valence-electron chi connectivity index (χ2n) is 5.05. The smallest absolute Gasteiger partial charge is 0.203 e. The molecule has 0 aliphatic carbocycles. The second-order valence-corrected chi connectivity index (χ2v) is 5.91. The van der Waals surface area contributed by atoms with E-state index in [1.807, 2.05) is 41.8 Å². The van der Waals surface area contributed by atoms with Crippen molar-refractivity contribution in [3.8, 4) is 17.0 Å². The first-order valence-electron chi connectivity index (χ1n) is 7.20. The highest BCUT2D eigenvalue weighted by atomic mass is 32.1. The largest absolute Gasteiger partial charge is 0.497 e. The molecular formula is C18H17N3OS. The number of ether oxygens (including phenoxy) is 1. The van der Waals surface area contributed by atoms with Gasteiger partial charge in [-0.05, 0) is 24.6 Å². The molecule has 3 rings (SSSR count). The fraction of sp³-hybridized carbons (Fsp3) is 0.111. The van der Waals surface area contributed by atoms with Crippen LogP contribution in [0, 0.1) is 6.92 Å². The molecule has 0 fully saturated rings. The molecule has 23 heavy (non-hydrogen) atoms. The average molecular weight is 323 g/mol. The molecule has 0 radical (unpaired) electrons. The SMILES string of the molecule is COc1cccc(-c2csc(N/N=C\c3cccc(C)c3)n2)c1. The molecule has 3 aromatic rings. The third kappa shape index (κ3) is 3.96. The summed E-state index contributed by atoms with van der Waals surface area (Å²) in [6.45, 7) is 2.06. The zero-order chi connectivity index (χ0) is 16.1. The maximum absolute atomic E-state index is 5.24. The molecular weight excluding hydrogens is 306 g/mol. The van der Waals surface area contributed by atoms with Gasteiger partial charge in [0.1, 0.15) is 5.75 Å². The van der Waals surface area contributed by atoms with Gasteiger partial charge in [0.25, 0.3) is 0 Å². The van der Waals surface area contributed by atoms with Gasteiger partial charge in [0.15, 0.2) is 0 Å². The van der Waals surface area contributed by atoms with Crippen LogP contribution in [0.1, 0.15) is 11.1 Å². The summed E-state index contributed by atoms with van der Waals surface area (Å²) in [5, 5.41) is 7.00. The number of thiazole rings is 1. The first kappa shape index (κ1) is 15.2. The number of anilines is 1. The summed E-state index contributed by atoms with van der Waals surface area (Å²) in [6.07, 6.45) is 1.79. The lowest BCUT2D eigenvalue weighted by Gasteiger charge is -2.01. The Hall–Kier alpha value is -2.66. The van der Waals surface area contributed by atoms with Crippen LogP contribution >= 0.6 is 11.3 Å². The van der Waals surface area contributed by atoms with Gasteiger partial charge < -0.3 is 4.74 Å². The standard InChI is InChI=1S/C18H17N3OS/c1-13-5-3-6-14(9-13)11-19-21-18-20-17(12-23-18)15-7-4-8-16(10-15)22-2/h3-12H,1-2H3,(H,20,21)/b19-11-. The zero-order valence-corrected chi connectivity index (χ0v) is 13.8. The highest BCUT2D eigenvalue weighted by Crippen LogP contribution is 2.27. The molecule has 0 saturated carbocycles. The van der Waals surface area contributed by atoms with Crippen LogP contribution < -0.4 is 10.2 Å². The molecule has 0 atom stereocenters. The van der Waals surface area contributed by atoms with Gasteiger partial charge in [0.2, 0.25) is 5.13 Å². The molecule has 0 spiro atoms. The van der Waals surface area contributed by atoms with E-state index in [4.69, 9.17) is 4.74 Å². The Balaban J connectivity index is 1.69. The molecule has 0 aliphatic rings. The molecule has 0 amide bonds. The van der Waals surface area contributed by atoms with Crippen molar-refractivity contribution in [2.75, 3.05) is 12.5 Å². The van der Waals surface area contributed by atoms with E-state index >= 15 is 0 Å². The number of hydrogen-bond acceptors (Lipinski definition) is 5. The number of rotatable bonds is 5. The van der Waals surface area contributed by atoms with Crippen molar-refractivity contribution in [1.29, 1.82) is 0 Å². The van der Waals surface area contributed by atoms with Crippen LogP contribution in [0.2, 0.25) is 0 Å². The Morgan fingerprint density at radius 3 is 2.87 bits per heavy atom. The third-order valence-corrected chi connectivity index (χ3v) is 4.03. The first-order valence-corrected chi connectivity index (χ1v) is 8.08. The van der Waals surface area contributed by atoms with Crippen LogP contribution in [0.25, 0.3) is 11.3 Å². The maximum Gasteiger partial charge on any atom is 0.203 e. The molecule has 116 valence electrons. The Bertz CT molecular complexity index is 826. The molecule has 2 aromatic carbocycles. The van der Waals surface area contributed by atoms with Gasteiger partial charge in [0.05, 0.1) is 19.0 Å². The fourth-order valence-corrected chi connectivity index (χ4v) is 2.82. The second kappa shape index (κ2) is 7.07. The average Bonchev–Trinajstić information content (AvgIpc) is 3.04. The van der Waals surface area contributed by atoms with E-state index in [9.17, 15) is 0 Å².